The van der Waals surface area contributed by atoms with Crippen molar-refractivity contribution in [2.45, 2.75) is 19.8 Å². The number of ether oxygens (including phenoxy) is 1. The molecule has 0 aliphatic rings. The van der Waals surface area contributed by atoms with Crippen molar-refractivity contribution in [3.8, 4) is 6.07 Å². The van der Waals surface area contributed by atoms with Gasteiger partial charge in [-0.1, -0.05) is 26.0 Å². The zero-order valence-corrected chi connectivity index (χ0v) is 12.8. The van der Waals surface area contributed by atoms with Gasteiger partial charge < -0.3 is 10.1 Å². The normalized spacial score (nSPS) is 12.0. The average molecular weight is 298 g/mol. The second-order valence-corrected chi connectivity index (χ2v) is 5.31. The highest BCUT2D eigenvalue weighted by Gasteiger charge is 2.27. The van der Waals surface area contributed by atoms with Gasteiger partial charge in [-0.3, -0.25) is 4.79 Å². The molecule has 6 heteroatoms. The van der Waals surface area contributed by atoms with Gasteiger partial charge in [0.1, 0.15) is 5.69 Å². The van der Waals surface area contributed by atoms with E-state index in [9.17, 15) is 10.1 Å². The molecular weight excluding hydrogens is 280 g/mol. The molecule has 0 aliphatic heterocycles. The Morgan fingerprint density at radius 2 is 1.95 bits per heavy atom. The van der Waals surface area contributed by atoms with Crippen molar-refractivity contribution in [3.05, 3.63) is 30.0 Å². The summed E-state index contributed by atoms with van der Waals surface area (Å²) in [6, 6.07) is 9.28. The fraction of sp³-hybridized carbons (Fsp3) is 0.375. The van der Waals surface area contributed by atoms with E-state index in [1.54, 1.807) is 6.07 Å². The minimum absolute atomic E-state index is 0.300. The molecule has 0 radical (unpaired) electrons. The average Bonchev–Trinajstić information content (AvgIpc) is 2.53. The molecule has 0 saturated carbocycles. The van der Waals surface area contributed by atoms with Crippen molar-refractivity contribution in [2.75, 3.05) is 19.0 Å². The van der Waals surface area contributed by atoms with Crippen molar-refractivity contribution < 1.29 is 9.53 Å². The molecule has 0 spiro atoms. The van der Waals surface area contributed by atoms with Gasteiger partial charge in [-0.15, -0.1) is 0 Å². The minimum Gasteiger partial charge on any atom is -0.468 e. The van der Waals surface area contributed by atoms with Crippen LogP contribution in [0.15, 0.2) is 24.3 Å². The van der Waals surface area contributed by atoms with Crippen molar-refractivity contribution in [3.63, 3.8) is 0 Å². The van der Waals surface area contributed by atoms with E-state index < -0.39 is 11.9 Å². The third kappa shape index (κ3) is 3.31. The Kier molecular flexibility index (Phi) is 4.89. The number of benzene rings is 1. The van der Waals surface area contributed by atoms with Gasteiger partial charge in [-0.05, 0) is 18.1 Å². The maximum absolute atomic E-state index is 11.8. The van der Waals surface area contributed by atoms with Crippen LogP contribution in [0, 0.1) is 17.2 Å². The van der Waals surface area contributed by atoms with E-state index in [4.69, 9.17) is 4.74 Å². The Morgan fingerprint density at radius 3 is 2.50 bits per heavy atom. The van der Waals surface area contributed by atoms with Crippen LogP contribution in [-0.4, -0.2) is 29.6 Å². The number of anilines is 1. The fourth-order valence-corrected chi connectivity index (χ4v) is 1.99. The SMILES string of the molecule is COC(=O)[C@H](C#N)c1nc2ccccc2nc1NCC(C)C. The Labute approximate surface area is 129 Å². The number of esters is 1. The lowest BCUT2D eigenvalue weighted by atomic mass is 10.1. The van der Waals surface area contributed by atoms with Crippen molar-refractivity contribution in [2.24, 2.45) is 5.92 Å². The molecule has 1 aromatic carbocycles. The van der Waals surface area contributed by atoms with Gasteiger partial charge in [0.05, 0.1) is 24.2 Å². The summed E-state index contributed by atoms with van der Waals surface area (Å²) in [6.07, 6.45) is 0. The summed E-state index contributed by atoms with van der Waals surface area (Å²) >= 11 is 0. The highest BCUT2D eigenvalue weighted by atomic mass is 16.5. The lowest BCUT2D eigenvalue weighted by molar-refractivity contribution is -0.141. The van der Waals surface area contributed by atoms with Gasteiger partial charge in [-0.25, -0.2) is 9.97 Å². The van der Waals surface area contributed by atoms with E-state index in [-0.39, 0.29) is 0 Å². The molecule has 0 amide bonds. The fourth-order valence-electron chi connectivity index (χ4n) is 1.99. The Bertz CT molecular complexity index is 722. The van der Waals surface area contributed by atoms with Gasteiger partial charge in [0.2, 0.25) is 0 Å². The maximum atomic E-state index is 11.8. The zero-order chi connectivity index (χ0) is 16.1. The quantitative estimate of drug-likeness (QED) is 0.853. The lowest BCUT2D eigenvalue weighted by Crippen LogP contribution is -2.19. The van der Waals surface area contributed by atoms with Crippen LogP contribution in [0.3, 0.4) is 0 Å². The molecule has 2 aromatic rings. The van der Waals surface area contributed by atoms with Gasteiger partial charge in [0, 0.05) is 6.54 Å². The summed E-state index contributed by atoms with van der Waals surface area (Å²) in [5, 5.41) is 12.5. The molecule has 1 atom stereocenters. The summed E-state index contributed by atoms with van der Waals surface area (Å²) in [5.41, 5.74) is 1.64. The summed E-state index contributed by atoms with van der Waals surface area (Å²) in [4.78, 5) is 20.8. The molecule has 0 bridgehead atoms. The highest BCUT2D eigenvalue weighted by Crippen LogP contribution is 2.25. The molecule has 114 valence electrons. The standard InChI is InChI=1S/C16H18N4O2/c1-10(2)9-18-15-14(11(8-17)16(21)22-3)19-12-6-4-5-7-13(12)20-15/h4-7,10-11H,9H2,1-3H3,(H,18,20)/t11-/m1/s1. The van der Waals surface area contributed by atoms with Crippen molar-refractivity contribution in [1.82, 2.24) is 9.97 Å². The van der Waals surface area contributed by atoms with E-state index in [2.05, 4.69) is 29.1 Å². The molecule has 6 nitrogen and oxygen atoms in total. The van der Waals surface area contributed by atoms with Crippen LogP contribution in [0.2, 0.25) is 0 Å². The highest BCUT2D eigenvalue weighted by molar-refractivity contribution is 5.84. The van der Waals surface area contributed by atoms with Crippen LogP contribution in [0.5, 0.6) is 0 Å². The summed E-state index contributed by atoms with van der Waals surface area (Å²) in [6.45, 7) is 4.78. The molecule has 1 N–H and O–H groups in total. The predicted octanol–water partition coefficient (Wildman–Crippen LogP) is 2.48. The first-order valence-electron chi connectivity index (χ1n) is 7.04. The summed E-state index contributed by atoms with van der Waals surface area (Å²) in [7, 11) is 1.25. The van der Waals surface area contributed by atoms with Crippen LogP contribution in [0.1, 0.15) is 25.5 Å². The van der Waals surface area contributed by atoms with Gasteiger partial charge in [0.15, 0.2) is 11.7 Å². The number of nitriles is 1. The predicted molar refractivity (Wildman–Crippen MR) is 83.2 cm³/mol. The number of fused-ring (bicyclic) bond motifs is 1. The molecule has 0 fully saturated rings. The van der Waals surface area contributed by atoms with Gasteiger partial charge in [0.25, 0.3) is 0 Å². The Hall–Kier alpha value is -2.68. The van der Waals surface area contributed by atoms with Crippen LogP contribution in [0.4, 0.5) is 5.82 Å². The van der Waals surface area contributed by atoms with E-state index in [0.717, 1.165) is 0 Å². The number of methoxy groups -OCH3 is 1. The first kappa shape index (κ1) is 15.7. The molecule has 0 saturated heterocycles. The molecule has 2 rings (SSSR count). The number of nitrogens with zero attached hydrogens (tertiary/aromatic N) is 3. The second-order valence-electron chi connectivity index (χ2n) is 5.31. The molecule has 1 heterocycles. The van der Waals surface area contributed by atoms with E-state index in [1.807, 2.05) is 24.3 Å². The minimum atomic E-state index is -1.10. The molecule has 0 aliphatic carbocycles. The van der Waals surface area contributed by atoms with Crippen LogP contribution in [-0.2, 0) is 9.53 Å². The number of hydrogen-bond donors (Lipinski definition) is 1. The maximum Gasteiger partial charge on any atom is 0.329 e. The number of carbonyl (C=O) groups excluding carboxylic acids is 1. The number of rotatable bonds is 5. The van der Waals surface area contributed by atoms with Gasteiger partial charge in [-0.2, -0.15) is 5.26 Å². The Balaban J connectivity index is 2.54. The Morgan fingerprint density at radius 1 is 1.32 bits per heavy atom. The number of aromatic nitrogens is 2. The number of hydrogen-bond acceptors (Lipinski definition) is 6. The van der Waals surface area contributed by atoms with Crippen molar-refractivity contribution in [1.29, 1.82) is 5.26 Å². The second kappa shape index (κ2) is 6.85. The molecule has 1 aromatic heterocycles. The molecule has 0 unspecified atom stereocenters. The van der Waals surface area contributed by atoms with E-state index in [0.29, 0.717) is 35.0 Å². The lowest BCUT2D eigenvalue weighted by Gasteiger charge is -2.15. The number of carbonyl (C=O) groups is 1. The van der Waals surface area contributed by atoms with Crippen LogP contribution >= 0.6 is 0 Å². The van der Waals surface area contributed by atoms with Crippen LogP contribution in [0.25, 0.3) is 11.0 Å². The third-order valence-corrected chi connectivity index (χ3v) is 3.11. The van der Waals surface area contributed by atoms with Crippen molar-refractivity contribution >= 4 is 22.8 Å². The van der Waals surface area contributed by atoms with E-state index >= 15 is 0 Å². The molecular formula is C16H18N4O2. The topological polar surface area (TPSA) is 87.9 Å². The largest absolute Gasteiger partial charge is 0.468 e. The first-order chi connectivity index (χ1) is 10.6. The smallest absolute Gasteiger partial charge is 0.329 e. The summed E-state index contributed by atoms with van der Waals surface area (Å²) < 4.78 is 4.69. The summed E-state index contributed by atoms with van der Waals surface area (Å²) in [5.74, 6) is -0.902. The number of para-hydroxylation sites is 2. The van der Waals surface area contributed by atoms with Gasteiger partial charge >= 0.3 is 5.97 Å². The molecule has 22 heavy (non-hydrogen) atoms. The number of nitrogens with one attached hydrogen (secondary N) is 1. The van der Waals surface area contributed by atoms with Crippen LogP contribution < -0.4 is 5.32 Å². The zero-order valence-electron chi connectivity index (χ0n) is 12.8. The first-order valence-corrected chi connectivity index (χ1v) is 7.04. The third-order valence-electron chi connectivity index (χ3n) is 3.11. The van der Waals surface area contributed by atoms with E-state index in [1.165, 1.54) is 7.11 Å². The monoisotopic (exact) mass is 298 g/mol.